The standard InChI is InChI=1S/C22H24FNO4/c1-28-19-4-2-3-18(15-19)22(23)11-13-24(14-12-22)20(25)10-7-16-5-8-17(9-6-16)21(26)27/h2-6,8-9,15H,7,10-14H2,1H3,(H,26,27). The van der Waals surface area contributed by atoms with Gasteiger partial charge < -0.3 is 14.7 Å². The molecule has 5 nitrogen and oxygen atoms in total. The van der Waals surface area contributed by atoms with Gasteiger partial charge in [-0.05, 0) is 41.8 Å². The van der Waals surface area contributed by atoms with Crippen LogP contribution in [0.3, 0.4) is 0 Å². The molecule has 148 valence electrons. The number of methoxy groups -OCH3 is 1. The molecule has 1 heterocycles. The highest BCUT2D eigenvalue weighted by atomic mass is 19.1. The lowest BCUT2D eigenvalue weighted by Crippen LogP contribution is -2.43. The van der Waals surface area contributed by atoms with Crippen LogP contribution in [0, 0.1) is 0 Å². The molecule has 2 aromatic carbocycles. The zero-order valence-electron chi connectivity index (χ0n) is 15.9. The summed E-state index contributed by atoms with van der Waals surface area (Å²) in [5.41, 5.74) is 0.282. The van der Waals surface area contributed by atoms with E-state index in [0.717, 1.165) is 5.56 Å². The van der Waals surface area contributed by atoms with Crippen LogP contribution in [0.25, 0.3) is 0 Å². The lowest BCUT2D eigenvalue weighted by molar-refractivity contribution is -0.133. The molecule has 28 heavy (non-hydrogen) atoms. The van der Waals surface area contributed by atoms with Gasteiger partial charge in [0.05, 0.1) is 12.7 Å². The van der Waals surface area contributed by atoms with Crippen LogP contribution in [-0.4, -0.2) is 42.1 Å². The molecule has 1 aliphatic heterocycles. The molecule has 1 amide bonds. The number of amides is 1. The van der Waals surface area contributed by atoms with Crippen molar-refractivity contribution in [3.05, 3.63) is 65.2 Å². The number of aromatic carboxylic acids is 1. The number of benzene rings is 2. The van der Waals surface area contributed by atoms with Gasteiger partial charge in [0.2, 0.25) is 5.91 Å². The molecule has 3 rings (SSSR count). The van der Waals surface area contributed by atoms with E-state index in [9.17, 15) is 9.59 Å². The average molecular weight is 385 g/mol. The monoisotopic (exact) mass is 385 g/mol. The van der Waals surface area contributed by atoms with Crippen molar-refractivity contribution in [1.82, 2.24) is 4.90 Å². The molecule has 1 fully saturated rings. The zero-order valence-corrected chi connectivity index (χ0v) is 15.9. The zero-order chi connectivity index (χ0) is 20.1. The van der Waals surface area contributed by atoms with E-state index in [0.29, 0.717) is 37.2 Å². The number of carbonyl (C=O) groups excluding carboxylic acids is 1. The third-order valence-corrected chi connectivity index (χ3v) is 5.32. The molecule has 0 radical (unpaired) electrons. The number of alkyl halides is 1. The minimum absolute atomic E-state index is 0.00463. The highest BCUT2D eigenvalue weighted by Crippen LogP contribution is 2.38. The topological polar surface area (TPSA) is 66.8 Å². The van der Waals surface area contributed by atoms with Gasteiger partial charge in [0.15, 0.2) is 0 Å². The first-order chi connectivity index (χ1) is 13.4. The van der Waals surface area contributed by atoms with Gasteiger partial charge in [-0.25, -0.2) is 9.18 Å². The second kappa shape index (κ2) is 8.42. The van der Waals surface area contributed by atoms with Crippen LogP contribution >= 0.6 is 0 Å². The van der Waals surface area contributed by atoms with E-state index < -0.39 is 11.6 Å². The molecule has 0 unspecified atom stereocenters. The Kier molecular flexibility index (Phi) is 5.97. The fourth-order valence-corrected chi connectivity index (χ4v) is 3.52. The number of hydrogen-bond acceptors (Lipinski definition) is 3. The first-order valence-electron chi connectivity index (χ1n) is 9.35. The molecule has 2 aromatic rings. The Morgan fingerprint density at radius 1 is 1.14 bits per heavy atom. The van der Waals surface area contributed by atoms with Crippen molar-refractivity contribution in [2.75, 3.05) is 20.2 Å². The smallest absolute Gasteiger partial charge is 0.335 e. The van der Waals surface area contributed by atoms with Crippen LogP contribution in [0.4, 0.5) is 4.39 Å². The van der Waals surface area contributed by atoms with Crippen molar-refractivity contribution in [3.63, 3.8) is 0 Å². The molecule has 0 aliphatic carbocycles. The molecular weight excluding hydrogens is 361 g/mol. The number of aryl methyl sites for hydroxylation is 1. The number of hydrogen-bond donors (Lipinski definition) is 1. The quantitative estimate of drug-likeness (QED) is 0.821. The second-order valence-electron chi connectivity index (χ2n) is 7.08. The number of nitrogens with zero attached hydrogens (tertiary/aromatic N) is 1. The number of carboxylic acids is 1. The van der Waals surface area contributed by atoms with Gasteiger partial charge in [-0.15, -0.1) is 0 Å². The molecule has 0 bridgehead atoms. The lowest BCUT2D eigenvalue weighted by Gasteiger charge is -2.37. The van der Waals surface area contributed by atoms with E-state index in [1.165, 1.54) is 12.1 Å². The Balaban J connectivity index is 1.53. The predicted octanol–water partition coefficient (Wildman–Crippen LogP) is 3.81. The minimum Gasteiger partial charge on any atom is -0.497 e. The second-order valence-corrected chi connectivity index (χ2v) is 7.08. The van der Waals surface area contributed by atoms with Crippen LogP contribution in [0.1, 0.15) is 40.7 Å². The SMILES string of the molecule is COc1cccc(C2(F)CCN(C(=O)CCc3ccc(C(=O)O)cc3)CC2)c1. The van der Waals surface area contributed by atoms with E-state index in [-0.39, 0.29) is 24.3 Å². The van der Waals surface area contributed by atoms with Gasteiger partial charge in [0, 0.05) is 32.4 Å². The highest BCUT2D eigenvalue weighted by molar-refractivity contribution is 5.87. The van der Waals surface area contributed by atoms with Crippen LogP contribution < -0.4 is 4.74 Å². The number of likely N-dealkylation sites (tertiary alicyclic amines) is 1. The summed E-state index contributed by atoms with van der Waals surface area (Å²) < 4.78 is 20.6. The highest BCUT2D eigenvalue weighted by Gasteiger charge is 2.37. The van der Waals surface area contributed by atoms with Crippen molar-refractivity contribution in [2.24, 2.45) is 0 Å². The third kappa shape index (κ3) is 4.50. The van der Waals surface area contributed by atoms with Gasteiger partial charge in [-0.2, -0.15) is 0 Å². The normalized spacial score (nSPS) is 15.9. The number of carbonyl (C=O) groups is 2. The maximum Gasteiger partial charge on any atom is 0.335 e. The van der Waals surface area contributed by atoms with Gasteiger partial charge in [0.25, 0.3) is 0 Å². The van der Waals surface area contributed by atoms with E-state index in [1.807, 2.05) is 0 Å². The number of carboxylic acid groups (broad SMARTS) is 1. The molecule has 1 aliphatic rings. The Morgan fingerprint density at radius 2 is 1.82 bits per heavy atom. The molecule has 6 heteroatoms. The molecule has 0 atom stereocenters. The third-order valence-electron chi connectivity index (χ3n) is 5.32. The van der Waals surface area contributed by atoms with Crippen molar-refractivity contribution in [3.8, 4) is 5.75 Å². The Bertz CT molecular complexity index is 842. The van der Waals surface area contributed by atoms with Crippen molar-refractivity contribution < 1.29 is 23.8 Å². The maximum atomic E-state index is 15.4. The van der Waals surface area contributed by atoms with Crippen molar-refractivity contribution in [1.29, 1.82) is 0 Å². The molecule has 0 saturated carbocycles. The number of piperidine rings is 1. The minimum atomic E-state index is -1.45. The summed E-state index contributed by atoms with van der Waals surface area (Å²) in [6, 6.07) is 13.6. The van der Waals surface area contributed by atoms with Crippen LogP contribution in [0.15, 0.2) is 48.5 Å². The summed E-state index contributed by atoms with van der Waals surface area (Å²) in [6.07, 6.45) is 1.38. The molecule has 0 spiro atoms. The summed E-state index contributed by atoms with van der Waals surface area (Å²) in [7, 11) is 1.56. The summed E-state index contributed by atoms with van der Waals surface area (Å²) >= 11 is 0. The van der Waals surface area contributed by atoms with E-state index in [4.69, 9.17) is 9.84 Å². The van der Waals surface area contributed by atoms with Crippen LogP contribution in [-0.2, 0) is 16.9 Å². The van der Waals surface area contributed by atoms with Crippen LogP contribution in [0.2, 0.25) is 0 Å². The van der Waals surface area contributed by atoms with Crippen molar-refractivity contribution >= 4 is 11.9 Å². The lowest BCUT2D eigenvalue weighted by atomic mass is 9.86. The fourth-order valence-electron chi connectivity index (χ4n) is 3.52. The largest absolute Gasteiger partial charge is 0.497 e. The summed E-state index contributed by atoms with van der Waals surface area (Å²) in [5, 5.41) is 8.92. The van der Waals surface area contributed by atoms with E-state index in [2.05, 4.69) is 0 Å². The van der Waals surface area contributed by atoms with Gasteiger partial charge in [-0.3, -0.25) is 4.79 Å². The van der Waals surface area contributed by atoms with E-state index >= 15 is 4.39 Å². The fraction of sp³-hybridized carbons (Fsp3) is 0.364. The van der Waals surface area contributed by atoms with Crippen molar-refractivity contribution in [2.45, 2.75) is 31.4 Å². The molecule has 1 N–H and O–H groups in total. The van der Waals surface area contributed by atoms with Gasteiger partial charge in [-0.1, -0.05) is 24.3 Å². The Hall–Kier alpha value is -2.89. The average Bonchev–Trinajstić information content (AvgIpc) is 2.73. The first-order valence-corrected chi connectivity index (χ1v) is 9.35. The van der Waals surface area contributed by atoms with Gasteiger partial charge in [0.1, 0.15) is 11.4 Å². The first kappa shape index (κ1) is 19.9. The number of rotatable bonds is 6. The summed E-state index contributed by atoms with van der Waals surface area (Å²) in [5.74, 6) is -0.348. The van der Waals surface area contributed by atoms with Crippen LogP contribution in [0.5, 0.6) is 5.75 Å². The summed E-state index contributed by atoms with van der Waals surface area (Å²) in [6.45, 7) is 0.759. The Labute approximate surface area is 163 Å². The number of ether oxygens (including phenoxy) is 1. The molecule has 1 saturated heterocycles. The van der Waals surface area contributed by atoms with Gasteiger partial charge >= 0.3 is 5.97 Å². The molecular formula is C22H24FNO4. The molecule has 0 aromatic heterocycles. The Morgan fingerprint density at radius 3 is 2.43 bits per heavy atom. The van der Waals surface area contributed by atoms with E-state index in [1.54, 1.807) is 48.4 Å². The maximum absolute atomic E-state index is 15.4. The summed E-state index contributed by atoms with van der Waals surface area (Å²) in [4.78, 5) is 25.1. The predicted molar refractivity (Wildman–Crippen MR) is 103 cm³/mol. The number of halogens is 1.